The number of esters is 1. The number of ether oxygens (including phenoxy) is 2. The number of hydrogen-bond acceptors (Lipinski definition) is 4. The highest BCUT2D eigenvalue weighted by Crippen LogP contribution is 2.15. The lowest BCUT2D eigenvalue weighted by atomic mass is 10.1. The normalized spacial score (nSPS) is 10.5. The second kappa shape index (κ2) is 9.87. The van der Waals surface area contributed by atoms with Crippen molar-refractivity contribution in [1.29, 1.82) is 0 Å². The van der Waals surface area contributed by atoms with Gasteiger partial charge in [-0.05, 0) is 30.5 Å². The summed E-state index contributed by atoms with van der Waals surface area (Å²) in [6.07, 6.45) is 0.687. The minimum Gasteiger partial charge on any atom is -0.497 e. The fourth-order valence-corrected chi connectivity index (χ4v) is 2.18. The molecule has 0 aliphatic heterocycles. The quantitative estimate of drug-likeness (QED) is 0.656. The Morgan fingerprint density at radius 3 is 2.35 bits per heavy atom. The molecule has 0 aliphatic carbocycles. The van der Waals surface area contributed by atoms with Crippen LogP contribution in [-0.2, 0) is 20.9 Å². The van der Waals surface area contributed by atoms with Crippen LogP contribution in [0.1, 0.15) is 39.2 Å². The van der Waals surface area contributed by atoms with Crippen LogP contribution in [0.25, 0.3) is 0 Å². The maximum absolute atomic E-state index is 12.4. The van der Waals surface area contributed by atoms with Crippen LogP contribution in [-0.4, -0.2) is 37.0 Å². The first-order valence-corrected chi connectivity index (χ1v) is 8.02. The van der Waals surface area contributed by atoms with Crippen LogP contribution < -0.4 is 4.74 Å². The van der Waals surface area contributed by atoms with Gasteiger partial charge in [0, 0.05) is 19.5 Å². The minimum atomic E-state index is -0.274. The third-order valence-electron chi connectivity index (χ3n) is 3.36. The Labute approximate surface area is 138 Å². The van der Waals surface area contributed by atoms with Gasteiger partial charge in [0.05, 0.1) is 20.1 Å². The molecule has 0 heterocycles. The zero-order valence-corrected chi connectivity index (χ0v) is 14.5. The Balaban J connectivity index is 2.72. The van der Waals surface area contributed by atoms with Gasteiger partial charge in [0.25, 0.3) is 0 Å². The molecule has 128 valence electrons. The molecule has 0 unspecified atom stereocenters. The molecule has 0 atom stereocenters. The molecule has 1 rings (SSSR count). The van der Waals surface area contributed by atoms with Crippen LogP contribution in [0.5, 0.6) is 5.75 Å². The van der Waals surface area contributed by atoms with Gasteiger partial charge in [0.2, 0.25) is 5.91 Å². The molecule has 0 bridgehead atoms. The second-order valence-electron chi connectivity index (χ2n) is 5.82. The molecule has 0 aromatic heterocycles. The highest BCUT2D eigenvalue weighted by atomic mass is 16.5. The van der Waals surface area contributed by atoms with Crippen LogP contribution in [0.2, 0.25) is 0 Å². The Kier molecular flexibility index (Phi) is 8.16. The van der Waals surface area contributed by atoms with E-state index in [1.54, 1.807) is 18.9 Å². The number of benzene rings is 1. The van der Waals surface area contributed by atoms with E-state index in [1.165, 1.54) is 0 Å². The zero-order chi connectivity index (χ0) is 17.2. The Morgan fingerprint density at radius 2 is 1.83 bits per heavy atom. The molecule has 0 N–H and O–H groups in total. The van der Waals surface area contributed by atoms with E-state index in [-0.39, 0.29) is 24.2 Å². The number of carbonyl (C=O) groups excluding carboxylic acids is 2. The fraction of sp³-hybridized carbons (Fsp3) is 0.556. The van der Waals surface area contributed by atoms with Crippen LogP contribution in [0.15, 0.2) is 24.3 Å². The van der Waals surface area contributed by atoms with Gasteiger partial charge >= 0.3 is 5.97 Å². The highest BCUT2D eigenvalue weighted by molar-refractivity contribution is 5.77. The fourth-order valence-electron chi connectivity index (χ4n) is 2.18. The van der Waals surface area contributed by atoms with Gasteiger partial charge in [-0.1, -0.05) is 26.0 Å². The van der Waals surface area contributed by atoms with Crippen molar-refractivity contribution >= 4 is 11.9 Å². The summed E-state index contributed by atoms with van der Waals surface area (Å²) in [5.74, 6) is 0.841. The van der Waals surface area contributed by atoms with Gasteiger partial charge in [-0.25, -0.2) is 0 Å². The first kappa shape index (κ1) is 19.0. The van der Waals surface area contributed by atoms with E-state index < -0.39 is 0 Å². The van der Waals surface area contributed by atoms with Gasteiger partial charge in [0.1, 0.15) is 5.75 Å². The van der Waals surface area contributed by atoms with Crippen molar-refractivity contribution in [3.05, 3.63) is 29.8 Å². The second-order valence-corrected chi connectivity index (χ2v) is 5.82. The number of hydrogen-bond donors (Lipinski definition) is 0. The van der Waals surface area contributed by atoms with E-state index >= 15 is 0 Å². The number of nitrogens with zero attached hydrogens (tertiary/aromatic N) is 1. The number of methoxy groups -OCH3 is 1. The van der Waals surface area contributed by atoms with E-state index in [2.05, 4.69) is 0 Å². The molecule has 1 amide bonds. The molecule has 0 aliphatic rings. The molecule has 1 aromatic rings. The monoisotopic (exact) mass is 321 g/mol. The maximum Gasteiger partial charge on any atom is 0.307 e. The third kappa shape index (κ3) is 7.17. The summed E-state index contributed by atoms with van der Waals surface area (Å²) in [6, 6.07) is 7.59. The molecule has 0 saturated heterocycles. The molecule has 23 heavy (non-hydrogen) atoms. The van der Waals surface area contributed by atoms with E-state index in [9.17, 15) is 9.59 Å². The van der Waals surface area contributed by atoms with Crippen LogP contribution in [0, 0.1) is 5.92 Å². The predicted molar refractivity (Wildman–Crippen MR) is 89.1 cm³/mol. The summed E-state index contributed by atoms with van der Waals surface area (Å²) in [6.45, 7) is 7.00. The highest BCUT2D eigenvalue weighted by Gasteiger charge is 2.17. The van der Waals surface area contributed by atoms with E-state index in [4.69, 9.17) is 9.47 Å². The van der Waals surface area contributed by atoms with Gasteiger partial charge in [0.15, 0.2) is 0 Å². The van der Waals surface area contributed by atoms with Gasteiger partial charge < -0.3 is 14.4 Å². The molecule has 1 aromatic carbocycles. The van der Waals surface area contributed by atoms with Crippen molar-refractivity contribution in [2.45, 2.75) is 40.2 Å². The Hall–Kier alpha value is -2.04. The number of carbonyl (C=O) groups is 2. The summed E-state index contributed by atoms with van der Waals surface area (Å²) >= 11 is 0. The molecular formula is C18H27NO4. The predicted octanol–water partition coefficient (Wildman–Crippen LogP) is 3.02. The molecule has 5 nitrogen and oxygen atoms in total. The lowest BCUT2D eigenvalue weighted by Gasteiger charge is -2.23. The first-order valence-electron chi connectivity index (χ1n) is 8.02. The smallest absolute Gasteiger partial charge is 0.307 e. The van der Waals surface area contributed by atoms with Crippen molar-refractivity contribution < 1.29 is 19.1 Å². The van der Waals surface area contributed by atoms with Gasteiger partial charge in [-0.15, -0.1) is 0 Å². The SMILES string of the molecule is CCOC(=O)CCN(Cc1ccc(OC)cc1)C(=O)CC(C)C. The van der Waals surface area contributed by atoms with Crippen LogP contribution in [0.4, 0.5) is 0 Å². The lowest BCUT2D eigenvalue weighted by molar-refractivity contribution is -0.144. The molecule has 0 radical (unpaired) electrons. The molecule has 5 heteroatoms. The average Bonchev–Trinajstić information content (AvgIpc) is 2.51. The van der Waals surface area contributed by atoms with Crippen molar-refractivity contribution in [1.82, 2.24) is 4.90 Å². The maximum atomic E-state index is 12.4. The summed E-state index contributed by atoms with van der Waals surface area (Å²) < 4.78 is 10.1. The van der Waals surface area contributed by atoms with E-state index in [0.717, 1.165) is 11.3 Å². The minimum absolute atomic E-state index is 0.0557. The van der Waals surface area contributed by atoms with Crippen molar-refractivity contribution in [2.75, 3.05) is 20.3 Å². The summed E-state index contributed by atoms with van der Waals surface area (Å²) in [7, 11) is 1.62. The van der Waals surface area contributed by atoms with Crippen LogP contribution >= 0.6 is 0 Å². The number of rotatable bonds is 9. The summed E-state index contributed by atoms with van der Waals surface area (Å²) in [5, 5.41) is 0. The molecule has 0 fully saturated rings. The van der Waals surface area contributed by atoms with Gasteiger partial charge in [-0.3, -0.25) is 9.59 Å². The molecular weight excluding hydrogens is 294 g/mol. The molecule has 0 spiro atoms. The third-order valence-corrected chi connectivity index (χ3v) is 3.36. The van der Waals surface area contributed by atoms with Crippen molar-refractivity contribution in [3.63, 3.8) is 0 Å². The van der Waals surface area contributed by atoms with Crippen LogP contribution in [0.3, 0.4) is 0 Å². The number of amides is 1. The van der Waals surface area contributed by atoms with Crippen molar-refractivity contribution in [3.8, 4) is 5.75 Å². The standard InChI is InChI=1S/C18H27NO4/c1-5-23-18(21)10-11-19(17(20)12-14(2)3)13-15-6-8-16(22-4)9-7-15/h6-9,14H,5,10-13H2,1-4H3. The summed E-state index contributed by atoms with van der Waals surface area (Å²) in [5.41, 5.74) is 1.01. The van der Waals surface area contributed by atoms with Gasteiger partial charge in [-0.2, -0.15) is 0 Å². The van der Waals surface area contributed by atoms with E-state index in [1.807, 2.05) is 38.1 Å². The van der Waals surface area contributed by atoms with Crippen molar-refractivity contribution in [2.24, 2.45) is 5.92 Å². The Morgan fingerprint density at radius 1 is 1.17 bits per heavy atom. The first-order chi connectivity index (χ1) is 11.0. The van der Waals surface area contributed by atoms with E-state index in [0.29, 0.717) is 26.1 Å². The molecule has 0 saturated carbocycles. The topological polar surface area (TPSA) is 55.8 Å². The zero-order valence-electron chi connectivity index (χ0n) is 14.5. The lowest BCUT2D eigenvalue weighted by Crippen LogP contribution is -2.33. The average molecular weight is 321 g/mol. The largest absolute Gasteiger partial charge is 0.497 e. The Bertz CT molecular complexity index is 496. The summed E-state index contributed by atoms with van der Waals surface area (Å²) in [4.78, 5) is 25.7.